The highest BCUT2D eigenvalue weighted by atomic mass is 35.5. The number of methoxy groups -OCH3 is 1. The molecule has 0 spiro atoms. The Balaban J connectivity index is 1.50. The van der Waals surface area contributed by atoms with E-state index in [2.05, 4.69) is 20.0 Å². The van der Waals surface area contributed by atoms with Gasteiger partial charge in [-0.05, 0) is 54.1 Å². The number of ether oxygens (including phenoxy) is 3. The summed E-state index contributed by atoms with van der Waals surface area (Å²) in [6, 6.07) is 16.6. The minimum atomic E-state index is -3.94. The van der Waals surface area contributed by atoms with Gasteiger partial charge in [0, 0.05) is 17.6 Å². The van der Waals surface area contributed by atoms with Crippen molar-refractivity contribution in [1.82, 2.24) is 9.97 Å². The maximum atomic E-state index is 13.0. The van der Waals surface area contributed by atoms with E-state index in [0.717, 1.165) is 5.56 Å². The van der Waals surface area contributed by atoms with Gasteiger partial charge in [-0.15, -0.1) is 0 Å². The van der Waals surface area contributed by atoms with E-state index < -0.39 is 10.0 Å². The van der Waals surface area contributed by atoms with E-state index >= 15 is 0 Å². The molecule has 34 heavy (non-hydrogen) atoms. The van der Waals surface area contributed by atoms with Crippen LogP contribution >= 0.6 is 11.6 Å². The summed E-state index contributed by atoms with van der Waals surface area (Å²) in [7, 11) is -2.38. The summed E-state index contributed by atoms with van der Waals surface area (Å²) in [5.74, 6) is 2.26. The number of anilines is 2. The maximum Gasteiger partial charge on any atom is 0.263 e. The van der Waals surface area contributed by atoms with Crippen molar-refractivity contribution in [3.63, 3.8) is 0 Å². The number of halogens is 1. The predicted molar refractivity (Wildman–Crippen MR) is 128 cm³/mol. The van der Waals surface area contributed by atoms with Crippen molar-refractivity contribution in [2.75, 3.05) is 23.9 Å². The van der Waals surface area contributed by atoms with Gasteiger partial charge in [-0.1, -0.05) is 17.7 Å². The smallest absolute Gasteiger partial charge is 0.263 e. The molecule has 0 saturated carbocycles. The zero-order chi connectivity index (χ0) is 23.7. The molecule has 0 saturated heterocycles. The zero-order valence-electron chi connectivity index (χ0n) is 17.9. The Labute approximate surface area is 200 Å². The van der Waals surface area contributed by atoms with Crippen LogP contribution in [-0.2, 0) is 16.6 Å². The molecule has 0 unspecified atom stereocenters. The second-order valence-electron chi connectivity index (χ2n) is 7.38. The average molecular weight is 499 g/mol. The van der Waals surface area contributed by atoms with E-state index in [0.29, 0.717) is 39.8 Å². The van der Waals surface area contributed by atoms with Gasteiger partial charge in [0.15, 0.2) is 23.1 Å². The SMILES string of the molecule is COc1ccc2nc(NS(=O)(=O)c3ccc(Cl)cc3)c(NCc3ccc4c(c3)OCO4)nc2c1. The standard InChI is InChI=1S/C23H19ClN4O5S/c1-31-16-5-8-18-19(11-16)27-22(25-12-14-2-9-20-21(10-14)33-13-32-20)23(26-18)28-34(29,30)17-6-3-15(24)4-7-17/h2-11H,12-13H2,1H3,(H,25,27)(H,26,28). The molecule has 1 aromatic heterocycles. The Morgan fingerprint density at radius 2 is 1.71 bits per heavy atom. The Bertz CT molecular complexity index is 1480. The monoisotopic (exact) mass is 498 g/mol. The molecular weight excluding hydrogens is 480 g/mol. The van der Waals surface area contributed by atoms with E-state index in [1.54, 1.807) is 25.3 Å². The number of hydrogen-bond donors (Lipinski definition) is 2. The lowest BCUT2D eigenvalue weighted by Gasteiger charge is -2.14. The van der Waals surface area contributed by atoms with Crippen LogP contribution in [-0.4, -0.2) is 32.3 Å². The number of benzene rings is 3. The van der Waals surface area contributed by atoms with Crippen molar-refractivity contribution in [2.45, 2.75) is 11.4 Å². The first-order valence-corrected chi connectivity index (χ1v) is 12.0. The van der Waals surface area contributed by atoms with Crippen molar-refractivity contribution in [3.8, 4) is 17.2 Å². The molecule has 0 radical (unpaired) electrons. The number of nitrogens with zero attached hydrogens (tertiary/aromatic N) is 2. The minimum absolute atomic E-state index is 0.0512. The van der Waals surface area contributed by atoms with E-state index in [4.69, 9.17) is 25.8 Å². The van der Waals surface area contributed by atoms with Gasteiger partial charge in [0.25, 0.3) is 10.0 Å². The number of aromatic nitrogens is 2. The Kier molecular flexibility index (Phi) is 5.76. The van der Waals surface area contributed by atoms with E-state index in [9.17, 15) is 8.42 Å². The molecule has 2 heterocycles. The van der Waals surface area contributed by atoms with Gasteiger partial charge in [0.05, 0.1) is 23.0 Å². The molecule has 0 amide bonds. The Morgan fingerprint density at radius 3 is 2.50 bits per heavy atom. The molecule has 174 valence electrons. The number of fused-ring (bicyclic) bond motifs is 2. The number of sulfonamides is 1. The molecule has 5 rings (SSSR count). The molecule has 3 aromatic carbocycles. The van der Waals surface area contributed by atoms with Gasteiger partial charge in [-0.3, -0.25) is 4.72 Å². The highest BCUT2D eigenvalue weighted by molar-refractivity contribution is 7.92. The summed E-state index contributed by atoms with van der Waals surface area (Å²) in [5, 5.41) is 3.61. The van der Waals surface area contributed by atoms with Crippen LogP contribution in [0.15, 0.2) is 65.6 Å². The van der Waals surface area contributed by atoms with Gasteiger partial charge in [0.2, 0.25) is 6.79 Å². The summed E-state index contributed by atoms with van der Waals surface area (Å²) < 4.78 is 44.6. The molecule has 4 aromatic rings. The quantitative estimate of drug-likeness (QED) is 0.385. The van der Waals surface area contributed by atoms with Crippen LogP contribution in [0.4, 0.5) is 11.6 Å². The van der Waals surface area contributed by atoms with Crippen LogP contribution in [0.1, 0.15) is 5.56 Å². The number of rotatable bonds is 7. The van der Waals surface area contributed by atoms with E-state index in [1.807, 2.05) is 18.2 Å². The van der Waals surface area contributed by atoms with Gasteiger partial charge < -0.3 is 19.5 Å². The first-order chi connectivity index (χ1) is 16.4. The molecule has 0 aliphatic carbocycles. The fourth-order valence-corrected chi connectivity index (χ4v) is 4.53. The van der Waals surface area contributed by atoms with Crippen molar-refractivity contribution in [1.29, 1.82) is 0 Å². The lowest BCUT2D eigenvalue weighted by molar-refractivity contribution is 0.174. The molecule has 2 N–H and O–H groups in total. The Morgan fingerprint density at radius 1 is 0.941 bits per heavy atom. The second kappa shape index (κ2) is 8.88. The average Bonchev–Trinajstić information content (AvgIpc) is 3.30. The third-order valence-electron chi connectivity index (χ3n) is 5.12. The zero-order valence-corrected chi connectivity index (χ0v) is 19.5. The third kappa shape index (κ3) is 4.50. The van der Waals surface area contributed by atoms with Crippen LogP contribution in [0.2, 0.25) is 5.02 Å². The van der Waals surface area contributed by atoms with Gasteiger partial charge in [-0.2, -0.15) is 0 Å². The fraction of sp³-hybridized carbons (Fsp3) is 0.130. The number of nitrogens with one attached hydrogen (secondary N) is 2. The highest BCUT2D eigenvalue weighted by Crippen LogP contribution is 2.33. The van der Waals surface area contributed by atoms with Crippen molar-refractivity contribution >= 4 is 44.3 Å². The van der Waals surface area contributed by atoms with Crippen LogP contribution in [0.5, 0.6) is 17.2 Å². The summed E-state index contributed by atoms with van der Waals surface area (Å²) in [6.45, 7) is 0.525. The lowest BCUT2D eigenvalue weighted by atomic mass is 10.2. The summed E-state index contributed by atoms with van der Waals surface area (Å²) in [6.07, 6.45) is 0. The molecule has 0 atom stereocenters. The van der Waals surface area contributed by atoms with Crippen molar-refractivity contribution in [2.24, 2.45) is 0 Å². The highest BCUT2D eigenvalue weighted by Gasteiger charge is 2.20. The summed E-state index contributed by atoms with van der Waals surface area (Å²) in [5.41, 5.74) is 1.94. The molecule has 9 nitrogen and oxygen atoms in total. The predicted octanol–water partition coefficient (Wildman–Crippen LogP) is 4.43. The van der Waals surface area contributed by atoms with Gasteiger partial charge >= 0.3 is 0 Å². The molecule has 0 bridgehead atoms. The van der Waals surface area contributed by atoms with Crippen molar-refractivity contribution in [3.05, 3.63) is 71.2 Å². The van der Waals surface area contributed by atoms with Crippen LogP contribution in [0, 0.1) is 0 Å². The van der Waals surface area contributed by atoms with Crippen LogP contribution < -0.4 is 24.2 Å². The molecule has 11 heteroatoms. The molecule has 0 fully saturated rings. The molecule has 1 aliphatic rings. The fourth-order valence-electron chi connectivity index (χ4n) is 3.39. The van der Waals surface area contributed by atoms with Gasteiger partial charge in [-0.25, -0.2) is 18.4 Å². The van der Waals surface area contributed by atoms with E-state index in [-0.39, 0.29) is 23.3 Å². The normalized spacial score (nSPS) is 12.5. The first-order valence-electron chi connectivity index (χ1n) is 10.2. The maximum absolute atomic E-state index is 13.0. The second-order valence-corrected chi connectivity index (χ2v) is 9.49. The number of hydrogen-bond acceptors (Lipinski definition) is 8. The topological polar surface area (TPSA) is 112 Å². The van der Waals surface area contributed by atoms with Crippen LogP contribution in [0.25, 0.3) is 11.0 Å². The molecular formula is C23H19ClN4O5S. The van der Waals surface area contributed by atoms with Crippen molar-refractivity contribution < 1.29 is 22.6 Å². The summed E-state index contributed by atoms with van der Waals surface area (Å²) >= 11 is 5.90. The molecule has 1 aliphatic heterocycles. The lowest BCUT2D eigenvalue weighted by Crippen LogP contribution is -2.16. The first kappa shape index (κ1) is 22.1. The third-order valence-corrected chi connectivity index (χ3v) is 6.73. The van der Waals surface area contributed by atoms with Gasteiger partial charge in [0.1, 0.15) is 5.75 Å². The van der Waals surface area contributed by atoms with Crippen LogP contribution in [0.3, 0.4) is 0 Å². The largest absolute Gasteiger partial charge is 0.497 e. The van der Waals surface area contributed by atoms with E-state index in [1.165, 1.54) is 24.3 Å². The minimum Gasteiger partial charge on any atom is -0.497 e. The summed E-state index contributed by atoms with van der Waals surface area (Å²) in [4.78, 5) is 9.16. The Hall–Kier alpha value is -3.76.